The molecule has 0 aliphatic rings. The van der Waals surface area contributed by atoms with Crippen molar-refractivity contribution in [2.75, 3.05) is 7.11 Å². The fourth-order valence-electron chi connectivity index (χ4n) is 4.02. The average molecular weight is 428 g/mol. The van der Waals surface area contributed by atoms with E-state index < -0.39 is 0 Å². The molecular weight excluding hydrogens is 406 g/mol. The smallest absolute Gasteiger partial charge is 0.216 e. The fraction of sp³-hybridized carbons (Fsp3) is 0.125. The van der Waals surface area contributed by atoms with Crippen molar-refractivity contribution in [3.63, 3.8) is 0 Å². The van der Waals surface area contributed by atoms with Gasteiger partial charge in [-0.2, -0.15) is 14.9 Å². The Bertz CT molecular complexity index is 1490. The third-order valence-electron chi connectivity index (χ3n) is 5.43. The summed E-state index contributed by atoms with van der Waals surface area (Å²) < 4.78 is 9.84. The van der Waals surface area contributed by atoms with Crippen molar-refractivity contribution in [1.29, 1.82) is 0 Å². The fourth-order valence-corrected chi connectivity index (χ4v) is 4.20. The number of ether oxygens (including phenoxy) is 1. The quantitative estimate of drug-likeness (QED) is 0.292. The Kier molecular flexibility index (Phi) is 4.88. The van der Waals surface area contributed by atoms with E-state index in [0.29, 0.717) is 16.3 Å². The van der Waals surface area contributed by atoms with Gasteiger partial charge in [-0.05, 0) is 55.0 Å². The maximum atomic E-state index is 5.47. The number of hydrogen-bond donors (Lipinski definition) is 1. The minimum absolute atomic E-state index is 0.417. The Morgan fingerprint density at radius 3 is 2.65 bits per heavy atom. The molecule has 3 aromatic carbocycles. The van der Waals surface area contributed by atoms with Gasteiger partial charge in [0.25, 0.3) is 0 Å². The van der Waals surface area contributed by atoms with Crippen LogP contribution in [0.4, 0.5) is 0 Å². The number of fused-ring (bicyclic) bond motifs is 3. The lowest BCUT2D eigenvalue weighted by molar-refractivity contribution is 0.416. The highest BCUT2D eigenvalue weighted by Crippen LogP contribution is 2.30. The molecule has 5 rings (SSSR count). The summed E-state index contributed by atoms with van der Waals surface area (Å²) >= 11 is 5.41. The molecule has 2 heterocycles. The molecule has 0 amide bonds. The standard InChI is InChI=1S/C24H21N5OS/c1-3-28-20-10-6-4-8-17(20)19-14-16(12-13-21(19)28)15-25-29-23(26-27-24(29)31)18-9-5-7-11-22(18)30-2/h4-15H,3H2,1-2H3,(H,27,31). The Hall–Kier alpha value is -3.71. The zero-order chi connectivity index (χ0) is 21.4. The molecule has 0 atom stereocenters. The van der Waals surface area contributed by atoms with Gasteiger partial charge in [0.1, 0.15) is 5.75 Å². The summed E-state index contributed by atoms with van der Waals surface area (Å²) in [5.41, 5.74) is 4.26. The van der Waals surface area contributed by atoms with Crippen molar-refractivity contribution in [2.24, 2.45) is 5.10 Å². The van der Waals surface area contributed by atoms with Crippen LogP contribution in [0.25, 0.3) is 33.2 Å². The average Bonchev–Trinajstić information content (AvgIpc) is 3.34. The van der Waals surface area contributed by atoms with Gasteiger partial charge >= 0.3 is 0 Å². The van der Waals surface area contributed by atoms with Gasteiger partial charge < -0.3 is 9.30 Å². The summed E-state index contributed by atoms with van der Waals surface area (Å²) in [6.07, 6.45) is 1.81. The molecule has 0 saturated carbocycles. The van der Waals surface area contributed by atoms with Gasteiger partial charge in [-0.15, -0.1) is 0 Å². The van der Waals surface area contributed by atoms with Gasteiger partial charge in [0, 0.05) is 28.4 Å². The number of nitrogens with one attached hydrogen (secondary N) is 1. The van der Waals surface area contributed by atoms with Crippen molar-refractivity contribution < 1.29 is 4.74 Å². The van der Waals surface area contributed by atoms with Crippen LogP contribution in [-0.2, 0) is 6.54 Å². The molecule has 1 N–H and O–H groups in total. The molecule has 6 nitrogen and oxygen atoms in total. The van der Waals surface area contributed by atoms with Crippen molar-refractivity contribution in [3.8, 4) is 17.1 Å². The molecule has 5 aromatic rings. The van der Waals surface area contributed by atoms with Gasteiger partial charge in [-0.3, -0.25) is 0 Å². The molecule has 0 bridgehead atoms. The Morgan fingerprint density at radius 2 is 1.81 bits per heavy atom. The number of aromatic nitrogens is 4. The second-order valence-electron chi connectivity index (χ2n) is 7.15. The van der Waals surface area contributed by atoms with Crippen molar-refractivity contribution in [2.45, 2.75) is 13.5 Å². The number of aromatic amines is 1. The number of hydrogen-bond acceptors (Lipinski definition) is 4. The van der Waals surface area contributed by atoms with Crippen molar-refractivity contribution in [3.05, 3.63) is 77.1 Å². The number of aryl methyl sites for hydroxylation is 1. The molecule has 7 heteroatoms. The predicted octanol–water partition coefficient (Wildman–Crippen LogP) is 5.63. The Morgan fingerprint density at radius 1 is 1.03 bits per heavy atom. The number of benzene rings is 3. The summed E-state index contributed by atoms with van der Waals surface area (Å²) in [6, 6.07) is 22.5. The lowest BCUT2D eigenvalue weighted by atomic mass is 10.1. The van der Waals surface area contributed by atoms with Crippen LogP contribution in [0, 0.1) is 4.77 Å². The van der Waals surface area contributed by atoms with E-state index in [0.717, 1.165) is 17.7 Å². The van der Waals surface area contributed by atoms with E-state index in [1.807, 2.05) is 30.5 Å². The van der Waals surface area contributed by atoms with E-state index in [-0.39, 0.29) is 0 Å². The van der Waals surface area contributed by atoms with Crippen LogP contribution < -0.4 is 4.74 Å². The molecule has 0 saturated heterocycles. The summed E-state index contributed by atoms with van der Waals surface area (Å²) in [5, 5.41) is 14.3. The van der Waals surface area contributed by atoms with Gasteiger partial charge in [-0.1, -0.05) is 36.4 Å². The topological polar surface area (TPSA) is 60.1 Å². The van der Waals surface area contributed by atoms with Crippen LogP contribution in [0.15, 0.2) is 71.8 Å². The highest BCUT2D eigenvalue weighted by atomic mass is 32.1. The predicted molar refractivity (Wildman–Crippen MR) is 128 cm³/mol. The number of nitrogens with zero attached hydrogens (tertiary/aromatic N) is 4. The number of H-pyrrole nitrogens is 1. The van der Waals surface area contributed by atoms with E-state index in [1.165, 1.54) is 21.8 Å². The van der Waals surface area contributed by atoms with E-state index in [1.54, 1.807) is 11.8 Å². The molecule has 154 valence electrons. The number of para-hydroxylation sites is 2. The minimum Gasteiger partial charge on any atom is -0.496 e. The lowest BCUT2D eigenvalue weighted by Gasteiger charge is -2.07. The highest BCUT2D eigenvalue weighted by Gasteiger charge is 2.13. The van der Waals surface area contributed by atoms with Crippen LogP contribution in [-0.4, -0.2) is 32.8 Å². The summed E-state index contributed by atoms with van der Waals surface area (Å²) in [5.74, 6) is 1.31. The first-order valence-corrected chi connectivity index (χ1v) is 10.5. The largest absolute Gasteiger partial charge is 0.496 e. The minimum atomic E-state index is 0.417. The molecule has 0 aliphatic carbocycles. The second-order valence-corrected chi connectivity index (χ2v) is 7.53. The maximum Gasteiger partial charge on any atom is 0.216 e. The van der Waals surface area contributed by atoms with E-state index >= 15 is 0 Å². The first kappa shape index (κ1) is 19.3. The van der Waals surface area contributed by atoms with Crippen LogP contribution in [0.5, 0.6) is 5.75 Å². The van der Waals surface area contributed by atoms with Gasteiger partial charge in [0.15, 0.2) is 5.82 Å². The summed E-state index contributed by atoms with van der Waals surface area (Å²) in [6.45, 7) is 3.09. The first-order valence-electron chi connectivity index (χ1n) is 10.1. The van der Waals surface area contributed by atoms with Crippen LogP contribution in [0.3, 0.4) is 0 Å². The van der Waals surface area contributed by atoms with Crippen LogP contribution >= 0.6 is 12.2 Å². The number of rotatable bonds is 5. The Balaban J connectivity index is 1.60. The summed E-state index contributed by atoms with van der Waals surface area (Å²) in [7, 11) is 1.63. The number of methoxy groups -OCH3 is 1. The normalized spacial score (nSPS) is 11.7. The lowest BCUT2D eigenvalue weighted by Crippen LogP contribution is -1.97. The highest BCUT2D eigenvalue weighted by molar-refractivity contribution is 7.71. The summed E-state index contributed by atoms with van der Waals surface area (Å²) in [4.78, 5) is 0. The third-order valence-corrected chi connectivity index (χ3v) is 5.70. The van der Waals surface area contributed by atoms with E-state index in [2.05, 4.69) is 69.3 Å². The zero-order valence-electron chi connectivity index (χ0n) is 17.2. The molecule has 0 aliphatic heterocycles. The van der Waals surface area contributed by atoms with Crippen LogP contribution in [0.1, 0.15) is 12.5 Å². The van der Waals surface area contributed by atoms with Gasteiger partial charge in [0.05, 0.1) is 18.9 Å². The molecule has 0 radical (unpaired) electrons. The van der Waals surface area contributed by atoms with Gasteiger partial charge in [0.2, 0.25) is 4.77 Å². The van der Waals surface area contributed by atoms with E-state index in [4.69, 9.17) is 17.0 Å². The molecular formula is C24H21N5OS. The monoisotopic (exact) mass is 427 g/mol. The SMILES string of the molecule is CCn1c2ccccc2c2cc(C=Nn3c(-c4ccccc4OC)n[nH]c3=S)ccc21. The first-order chi connectivity index (χ1) is 15.2. The third kappa shape index (κ3) is 3.23. The second kappa shape index (κ2) is 7.85. The molecule has 31 heavy (non-hydrogen) atoms. The molecule has 2 aromatic heterocycles. The maximum absolute atomic E-state index is 5.47. The molecule has 0 fully saturated rings. The molecule has 0 spiro atoms. The van der Waals surface area contributed by atoms with E-state index in [9.17, 15) is 0 Å². The van der Waals surface area contributed by atoms with Crippen molar-refractivity contribution >= 4 is 40.2 Å². The van der Waals surface area contributed by atoms with Gasteiger partial charge in [-0.25, -0.2) is 5.10 Å². The Labute approximate surface area is 184 Å². The van der Waals surface area contributed by atoms with Crippen LogP contribution in [0.2, 0.25) is 0 Å². The zero-order valence-corrected chi connectivity index (χ0v) is 18.1. The molecule has 0 unspecified atom stereocenters. The van der Waals surface area contributed by atoms with Crippen molar-refractivity contribution in [1.82, 2.24) is 19.4 Å².